The minimum Gasteiger partial charge on any atom is -0.652 e. The minimum absolute atomic E-state index is 0. The summed E-state index contributed by atoms with van der Waals surface area (Å²) < 4.78 is 0. The predicted octanol–water partition coefficient (Wildman–Crippen LogP) is -11.7. The van der Waals surface area contributed by atoms with Crippen LogP contribution in [0.2, 0.25) is 0 Å². The summed E-state index contributed by atoms with van der Waals surface area (Å²) in [5, 5.41) is 26.4. The summed E-state index contributed by atoms with van der Waals surface area (Å²) in [4.78, 5) is 18.0. The van der Waals surface area contributed by atoms with Gasteiger partial charge in [-0.15, -0.1) is 0 Å². The van der Waals surface area contributed by atoms with Gasteiger partial charge in [0.2, 0.25) is 0 Å². The molecule has 0 saturated heterocycles. The van der Waals surface area contributed by atoms with Crippen LogP contribution in [0.3, 0.4) is 0 Å². The van der Waals surface area contributed by atoms with Crippen LogP contribution in [0, 0.1) is 5.92 Å². The van der Waals surface area contributed by atoms with Crippen LogP contribution in [0.1, 0.15) is 20.3 Å². The zero-order chi connectivity index (χ0) is 9.44. The zero-order valence-electron chi connectivity index (χ0n) is 9.33. The van der Waals surface area contributed by atoms with Crippen molar-refractivity contribution in [1.29, 1.82) is 0 Å². The fraction of sp³-hybridized carbons (Fsp3) is 0.667. The molecule has 0 heterocycles. The van der Waals surface area contributed by atoms with Gasteiger partial charge in [-0.3, -0.25) is 0 Å². The quantitative estimate of drug-likeness (QED) is 0.467. The monoisotopic (exact) mass is 278 g/mol. The van der Waals surface area contributed by atoms with Gasteiger partial charge in [0.25, 0.3) is 0 Å². The number of aliphatic carboxylic acids is 1. The average Bonchev–Trinajstić information content (AvgIpc) is 1.56. The number of hydrogen-bond donors (Lipinski definition) is 0. The Bertz CT molecular complexity index is 135. The van der Waals surface area contributed by atoms with Crippen molar-refractivity contribution in [3.05, 3.63) is 0 Å². The Morgan fingerprint density at radius 3 is 1.21 bits per heavy atom. The van der Waals surface area contributed by atoms with E-state index in [1.54, 1.807) is 0 Å². The van der Waals surface area contributed by atoms with Gasteiger partial charge in [0.15, 0.2) is 0 Å². The van der Waals surface area contributed by atoms with E-state index in [-0.39, 0.29) is 166 Å². The molecule has 0 atom stereocenters. The molecule has 0 rings (SSSR count). The van der Waals surface area contributed by atoms with E-state index in [0.29, 0.717) is 0 Å². The fourth-order valence-electron chi connectivity index (χ4n) is 0.333. The molecular formula is C6H9K3O5. The zero-order valence-corrected chi connectivity index (χ0v) is 18.7. The molecule has 0 spiro atoms. The van der Waals surface area contributed by atoms with E-state index in [1.165, 1.54) is 0 Å². The molecule has 0 aromatic heterocycles. The van der Waals surface area contributed by atoms with Gasteiger partial charge in [0.05, 0.1) is 0 Å². The van der Waals surface area contributed by atoms with E-state index >= 15 is 0 Å². The molecule has 0 aromatic carbocycles. The molecule has 14 heavy (non-hydrogen) atoms. The van der Waals surface area contributed by atoms with Gasteiger partial charge in [-0.25, -0.2) is 0 Å². The third-order valence-corrected chi connectivity index (χ3v) is 0.575. The summed E-state index contributed by atoms with van der Waals surface area (Å²) in [5.41, 5.74) is 0. The van der Waals surface area contributed by atoms with Gasteiger partial charge < -0.3 is 24.9 Å². The molecule has 0 N–H and O–H groups in total. The summed E-state index contributed by atoms with van der Waals surface area (Å²) in [6.07, 6.45) is -2.17. The Kier molecular flexibility index (Phi) is 47.8. The molecule has 0 fully saturated rings. The Morgan fingerprint density at radius 1 is 1.00 bits per heavy atom. The van der Waals surface area contributed by atoms with Gasteiger partial charge in [-0.05, 0) is 18.5 Å². The molecule has 8 heteroatoms. The Hall–Kier alpha value is 3.65. The first kappa shape index (κ1) is 30.6. The molecule has 0 amide bonds. The van der Waals surface area contributed by atoms with Crippen molar-refractivity contribution in [2.45, 2.75) is 20.3 Å². The van der Waals surface area contributed by atoms with Crippen molar-refractivity contribution in [1.82, 2.24) is 0 Å². The van der Waals surface area contributed by atoms with Crippen molar-refractivity contribution in [2.24, 2.45) is 5.92 Å². The molecule has 0 radical (unpaired) electrons. The van der Waals surface area contributed by atoms with Crippen LogP contribution in [-0.4, -0.2) is 12.1 Å². The van der Waals surface area contributed by atoms with E-state index in [9.17, 15) is 9.90 Å². The molecule has 0 aliphatic rings. The number of rotatable bonds is 2. The van der Waals surface area contributed by atoms with E-state index in [0.717, 1.165) is 0 Å². The summed E-state index contributed by atoms with van der Waals surface area (Å²) in [6.45, 7) is 3.69. The minimum atomic E-state index is -2.33. The van der Waals surface area contributed by atoms with Gasteiger partial charge in [0, 0.05) is 5.97 Å². The first-order valence-electron chi connectivity index (χ1n) is 2.94. The van der Waals surface area contributed by atoms with Crippen LogP contribution >= 0.6 is 0 Å². The van der Waals surface area contributed by atoms with Crippen LogP contribution in [0.15, 0.2) is 0 Å². The van der Waals surface area contributed by atoms with Gasteiger partial charge in [-0.1, -0.05) is 13.8 Å². The average molecular weight is 278 g/mol. The van der Waals surface area contributed by atoms with Crippen molar-refractivity contribution in [2.75, 3.05) is 0 Å². The molecule has 0 aliphatic carbocycles. The van der Waals surface area contributed by atoms with Crippen LogP contribution in [0.4, 0.5) is 4.79 Å². The van der Waals surface area contributed by atoms with Gasteiger partial charge >= 0.3 is 154 Å². The third kappa shape index (κ3) is 57.4. The SMILES string of the molecule is CC(C)CC(=O)[O-].O=C([O-])[O-].[K+].[K+].[K+]. The number of carbonyl (C=O) groups is 2. The van der Waals surface area contributed by atoms with Gasteiger partial charge in [-0.2, -0.15) is 0 Å². The Morgan fingerprint density at radius 2 is 1.21 bits per heavy atom. The molecule has 0 aliphatic heterocycles. The van der Waals surface area contributed by atoms with E-state index < -0.39 is 12.1 Å². The Labute approximate surface area is 211 Å². The second-order valence-corrected chi connectivity index (χ2v) is 2.22. The summed E-state index contributed by atoms with van der Waals surface area (Å²) in [7, 11) is 0. The fourth-order valence-corrected chi connectivity index (χ4v) is 0.333. The molecule has 0 unspecified atom stereocenters. The molecule has 0 bridgehead atoms. The molecule has 0 saturated carbocycles. The standard InChI is InChI=1S/C5H10O2.CH2O3.3K/c1-4(2)3-5(6)7;2-1(3)4;;;/h4H,3H2,1-2H3,(H,6,7);(H2,2,3,4);;;/q;;3*+1/p-3. The van der Waals surface area contributed by atoms with E-state index in [2.05, 4.69) is 0 Å². The molecular weight excluding hydrogens is 269 g/mol. The first-order chi connectivity index (χ1) is 4.86. The predicted molar refractivity (Wildman–Crippen MR) is 29.9 cm³/mol. The number of carbonyl (C=O) groups excluding carboxylic acids is 2. The first-order valence-corrected chi connectivity index (χ1v) is 2.94. The second kappa shape index (κ2) is 21.9. The van der Waals surface area contributed by atoms with Crippen LogP contribution in [-0.2, 0) is 4.79 Å². The maximum Gasteiger partial charge on any atom is 1.00 e. The third-order valence-electron chi connectivity index (χ3n) is 0.575. The topological polar surface area (TPSA) is 103 Å². The van der Waals surface area contributed by atoms with E-state index in [4.69, 9.17) is 15.0 Å². The van der Waals surface area contributed by atoms with Crippen molar-refractivity contribution >= 4 is 12.1 Å². The van der Waals surface area contributed by atoms with E-state index in [1.807, 2.05) is 13.8 Å². The maximum absolute atomic E-state index is 9.70. The summed E-state index contributed by atoms with van der Waals surface area (Å²) in [6, 6.07) is 0. The summed E-state index contributed by atoms with van der Waals surface area (Å²) in [5.74, 6) is -0.750. The Balaban J connectivity index is -0.0000000347. The van der Waals surface area contributed by atoms with Crippen LogP contribution in [0.5, 0.6) is 0 Å². The largest absolute Gasteiger partial charge is 1.00 e. The normalized spacial score (nSPS) is 6.50. The number of carboxylic acids is 1. The van der Waals surface area contributed by atoms with Crippen molar-refractivity contribution in [3.8, 4) is 0 Å². The smallest absolute Gasteiger partial charge is 0.652 e. The number of carboxylic acid groups (broad SMARTS) is 3. The van der Waals surface area contributed by atoms with Crippen molar-refractivity contribution in [3.63, 3.8) is 0 Å². The van der Waals surface area contributed by atoms with Crippen molar-refractivity contribution < 1.29 is 179 Å². The van der Waals surface area contributed by atoms with Crippen LogP contribution < -0.4 is 169 Å². The summed E-state index contributed by atoms with van der Waals surface area (Å²) >= 11 is 0. The number of hydrogen-bond acceptors (Lipinski definition) is 5. The maximum atomic E-state index is 9.70. The van der Waals surface area contributed by atoms with Crippen LogP contribution in [0.25, 0.3) is 0 Å². The molecule has 0 aromatic rings. The molecule has 66 valence electrons. The second-order valence-electron chi connectivity index (χ2n) is 2.22. The molecule has 5 nitrogen and oxygen atoms in total. The van der Waals surface area contributed by atoms with Gasteiger partial charge in [0.1, 0.15) is 0 Å².